The van der Waals surface area contributed by atoms with Crippen LogP contribution in [0.2, 0.25) is 5.02 Å². The molecule has 0 spiro atoms. The van der Waals surface area contributed by atoms with Gasteiger partial charge in [-0.05, 0) is 31.4 Å². The smallest absolute Gasteiger partial charge is 0.306 e. The Balaban J connectivity index is 1.96. The second-order valence-electron chi connectivity index (χ2n) is 5.07. The van der Waals surface area contributed by atoms with Gasteiger partial charge in [-0.3, -0.25) is 4.79 Å². The number of hydrogen-bond acceptors (Lipinski definition) is 3. The van der Waals surface area contributed by atoms with Crippen molar-refractivity contribution in [2.45, 2.75) is 25.7 Å². The van der Waals surface area contributed by atoms with E-state index in [0.717, 1.165) is 29.7 Å². The average Bonchev–Trinajstić information content (AvgIpc) is 2.69. The highest BCUT2D eigenvalue weighted by Gasteiger charge is 2.27. The van der Waals surface area contributed by atoms with Crippen molar-refractivity contribution in [3.05, 3.63) is 40.6 Å². The zero-order valence-electron chi connectivity index (χ0n) is 10.8. The fourth-order valence-corrected chi connectivity index (χ4v) is 2.78. The van der Waals surface area contributed by atoms with Crippen molar-refractivity contribution in [3.63, 3.8) is 0 Å². The van der Waals surface area contributed by atoms with Gasteiger partial charge in [-0.2, -0.15) is 0 Å². The third kappa shape index (κ3) is 2.43. The minimum atomic E-state index is -0.762. The van der Waals surface area contributed by atoms with Crippen molar-refractivity contribution in [2.24, 2.45) is 5.92 Å². The SMILES string of the molecule is O=C(O)C1CCCc2c(-c3ccc(Cl)cc3)noc2C1. The summed E-state index contributed by atoms with van der Waals surface area (Å²) in [6.07, 6.45) is 2.75. The van der Waals surface area contributed by atoms with Gasteiger partial charge in [0.15, 0.2) is 0 Å². The summed E-state index contributed by atoms with van der Waals surface area (Å²) in [4.78, 5) is 11.2. The maximum Gasteiger partial charge on any atom is 0.306 e. The molecule has 0 saturated carbocycles. The van der Waals surface area contributed by atoms with Crippen molar-refractivity contribution in [1.29, 1.82) is 0 Å². The van der Waals surface area contributed by atoms with Gasteiger partial charge in [0.1, 0.15) is 11.5 Å². The summed E-state index contributed by atoms with van der Waals surface area (Å²) < 4.78 is 5.39. The minimum Gasteiger partial charge on any atom is -0.481 e. The Morgan fingerprint density at radius 2 is 2.10 bits per heavy atom. The summed E-state index contributed by atoms with van der Waals surface area (Å²) in [5.41, 5.74) is 2.80. The molecule has 5 heteroatoms. The number of rotatable bonds is 2. The van der Waals surface area contributed by atoms with Crippen molar-refractivity contribution >= 4 is 17.6 Å². The number of fused-ring (bicyclic) bond motifs is 1. The average molecular weight is 292 g/mol. The van der Waals surface area contributed by atoms with E-state index in [2.05, 4.69) is 5.16 Å². The molecule has 0 fully saturated rings. The lowest BCUT2D eigenvalue weighted by Crippen LogP contribution is -2.15. The second-order valence-corrected chi connectivity index (χ2v) is 5.51. The van der Waals surface area contributed by atoms with Crippen LogP contribution in [0.1, 0.15) is 24.2 Å². The minimum absolute atomic E-state index is 0.373. The molecule has 104 valence electrons. The van der Waals surface area contributed by atoms with E-state index in [1.165, 1.54) is 0 Å². The van der Waals surface area contributed by atoms with E-state index >= 15 is 0 Å². The molecule has 1 aromatic heterocycles. The van der Waals surface area contributed by atoms with Crippen LogP contribution < -0.4 is 0 Å². The first-order valence-electron chi connectivity index (χ1n) is 6.61. The third-order valence-corrected chi connectivity index (χ3v) is 4.00. The summed E-state index contributed by atoms with van der Waals surface area (Å²) in [6, 6.07) is 7.43. The van der Waals surface area contributed by atoms with Crippen LogP contribution >= 0.6 is 11.6 Å². The van der Waals surface area contributed by atoms with Crippen molar-refractivity contribution < 1.29 is 14.4 Å². The fraction of sp³-hybridized carbons (Fsp3) is 0.333. The van der Waals surface area contributed by atoms with Crippen LogP contribution in [0.3, 0.4) is 0 Å². The highest BCUT2D eigenvalue weighted by molar-refractivity contribution is 6.30. The molecular weight excluding hydrogens is 278 g/mol. The van der Waals surface area contributed by atoms with E-state index in [1.807, 2.05) is 24.3 Å². The van der Waals surface area contributed by atoms with Crippen molar-refractivity contribution in [3.8, 4) is 11.3 Å². The van der Waals surface area contributed by atoms with Crippen LogP contribution in [0.4, 0.5) is 0 Å². The number of nitrogens with zero attached hydrogens (tertiary/aromatic N) is 1. The highest BCUT2D eigenvalue weighted by atomic mass is 35.5. The van der Waals surface area contributed by atoms with Crippen LogP contribution in [-0.2, 0) is 17.6 Å². The van der Waals surface area contributed by atoms with Gasteiger partial charge in [-0.1, -0.05) is 28.9 Å². The summed E-state index contributed by atoms with van der Waals surface area (Å²) in [6.45, 7) is 0. The van der Waals surface area contributed by atoms with Gasteiger partial charge in [0.25, 0.3) is 0 Å². The Kier molecular flexibility index (Phi) is 3.49. The van der Waals surface area contributed by atoms with Crippen LogP contribution in [0.5, 0.6) is 0 Å². The first kappa shape index (κ1) is 13.2. The first-order valence-corrected chi connectivity index (χ1v) is 6.99. The standard InChI is InChI=1S/C15H14ClNO3/c16-11-6-4-9(5-7-11)14-12-3-1-2-10(15(18)19)8-13(12)20-17-14/h4-7,10H,1-3,8H2,(H,18,19). The number of carboxylic acid groups (broad SMARTS) is 1. The molecule has 4 nitrogen and oxygen atoms in total. The van der Waals surface area contributed by atoms with Gasteiger partial charge in [0, 0.05) is 22.6 Å². The Morgan fingerprint density at radius 3 is 2.80 bits per heavy atom. The number of halogens is 1. The van der Waals surface area contributed by atoms with Gasteiger partial charge in [0.2, 0.25) is 0 Å². The molecule has 1 aliphatic rings. The molecule has 1 heterocycles. The van der Waals surface area contributed by atoms with Gasteiger partial charge in [-0.25, -0.2) is 0 Å². The molecule has 0 amide bonds. The summed E-state index contributed by atoms with van der Waals surface area (Å²) >= 11 is 5.89. The maximum atomic E-state index is 11.2. The lowest BCUT2D eigenvalue weighted by atomic mass is 10.0. The predicted molar refractivity (Wildman–Crippen MR) is 74.7 cm³/mol. The number of aromatic nitrogens is 1. The molecule has 1 aromatic carbocycles. The Bertz CT molecular complexity index is 633. The van der Waals surface area contributed by atoms with E-state index in [4.69, 9.17) is 21.2 Å². The summed E-state index contributed by atoms with van der Waals surface area (Å²) in [7, 11) is 0. The number of carboxylic acids is 1. The predicted octanol–water partition coefficient (Wildman–Crippen LogP) is 3.57. The van der Waals surface area contributed by atoms with Gasteiger partial charge in [0.05, 0.1) is 5.92 Å². The van der Waals surface area contributed by atoms with Crippen LogP contribution in [0.15, 0.2) is 28.8 Å². The molecular formula is C15H14ClNO3. The maximum absolute atomic E-state index is 11.2. The lowest BCUT2D eigenvalue weighted by Gasteiger charge is -2.05. The van der Waals surface area contributed by atoms with Crippen LogP contribution in [0, 0.1) is 5.92 Å². The number of carbonyl (C=O) groups is 1. The monoisotopic (exact) mass is 291 g/mol. The van der Waals surface area contributed by atoms with E-state index < -0.39 is 5.97 Å². The van der Waals surface area contributed by atoms with E-state index in [-0.39, 0.29) is 5.92 Å². The molecule has 1 unspecified atom stereocenters. The number of benzene rings is 1. The first-order chi connectivity index (χ1) is 9.65. The zero-order chi connectivity index (χ0) is 14.1. The van der Waals surface area contributed by atoms with Crippen LogP contribution in [0.25, 0.3) is 11.3 Å². The summed E-state index contributed by atoms with van der Waals surface area (Å²) in [5, 5.41) is 14.0. The number of aliphatic carboxylic acids is 1. The lowest BCUT2D eigenvalue weighted by molar-refractivity contribution is -0.142. The molecule has 3 rings (SSSR count). The molecule has 1 N–H and O–H groups in total. The van der Waals surface area contributed by atoms with E-state index in [0.29, 0.717) is 23.6 Å². The number of hydrogen-bond donors (Lipinski definition) is 1. The molecule has 2 aromatic rings. The molecule has 0 bridgehead atoms. The third-order valence-electron chi connectivity index (χ3n) is 3.75. The Labute approximate surface area is 121 Å². The normalized spacial score (nSPS) is 18.4. The highest BCUT2D eigenvalue weighted by Crippen LogP contribution is 2.32. The zero-order valence-corrected chi connectivity index (χ0v) is 11.6. The van der Waals surface area contributed by atoms with Gasteiger partial charge < -0.3 is 9.63 Å². The fourth-order valence-electron chi connectivity index (χ4n) is 2.66. The van der Waals surface area contributed by atoms with E-state index in [1.54, 1.807) is 0 Å². The largest absolute Gasteiger partial charge is 0.481 e. The Hall–Kier alpha value is -1.81. The van der Waals surface area contributed by atoms with Crippen molar-refractivity contribution in [1.82, 2.24) is 5.16 Å². The van der Waals surface area contributed by atoms with E-state index in [9.17, 15) is 4.79 Å². The molecule has 0 radical (unpaired) electrons. The summed E-state index contributed by atoms with van der Waals surface area (Å²) in [5.74, 6) is -0.426. The van der Waals surface area contributed by atoms with Gasteiger partial charge >= 0.3 is 5.97 Å². The molecule has 0 saturated heterocycles. The second kappa shape index (κ2) is 5.29. The topological polar surface area (TPSA) is 63.3 Å². The van der Waals surface area contributed by atoms with Crippen molar-refractivity contribution in [2.75, 3.05) is 0 Å². The quantitative estimate of drug-likeness (QED) is 0.859. The molecule has 0 aliphatic heterocycles. The van der Waals surface area contributed by atoms with Crippen LogP contribution in [-0.4, -0.2) is 16.2 Å². The molecule has 1 atom stereocenters. The Morgan fingerprint density at radius 1 is 1.35 bits per heavy atom. The molecule has 1 aliphatic carbocycles. The molecule has 20 heavy (non-hydrogen) atoms. The van der Waals surface area contributed by atoms with Gasteiger partial charge in [-0.15, -0.1) is 0 Å².